The first-order chi connectivity index (χ1) is 8.49. The molecule has 0 spiro atoms. The molecule has 5 heteroatoms. The molecule has 0 aliphatic rings. The minimum absolute atomic E-state index is 0.295. The van der Waals surface area contributed by atoms with E-state index in [1.54, 1.807) is 26.0 Å². The second kappa shape index (κ2) is 4.52. The Balaban J connectivity index is 2.58. The van der Waals surface area contributed by atoms with E-state index in [9.17, 15) is 9.18 Å². The van der Waals surface area contributed by atoms with Crippen LogP contribution in [-0.2, 0) is 0 Å². The first-order valence-electron chi connectivity index (χ1n) is 5.32. The summed E-state index contributed by atoms with van der Waals surface area (Å²) in [5.41, 5.74) is 2.20. The molecule has 0 amide bonds. The quantitative estimate of drug-likeness (QED) is 0.884. The van der Waals surface area contributed by atoms with Crippen molar-refractivity contribution in [3.8, 4) is 11.3 Å². The summed E-state index contributed by atoms with van der Waals surface area (Å²) < 4.78 is 13.5. The molecule has 1 aromatic carbocycles. The van der Waals surface area contributed by atoms with Crippen molar-refractivity contribution in [3.05, 3.63) is 47.2 Å². The van der Waals surface area contributed by atoms with E-state index in [0.29, 0.717) is 22.4 Å². The number of nitrogens with zero attached hydrogens (tertiary/aromatic N) is 2. The van der Waals surface area contributed by atoms with Crippen molar-refractivity contribution in [2.24, 2.45) is 0 Å². The number of hydrogen-bond acceptors (Lipinski definition) is 3. The summed E-state index contributed by atoms with van der Waals surface area (Å²) in [6.45, 7) is 3.41. The Hall–Kier alpha value is -2.30. The number of carbonyl (C=O) groups is 1. The normalized spacial score (nSPS) is 10.4. The Morgan fingerprint density at radius 1 is 1.28 bits per heavy atom. The Bertz CT molecular complexity index is 626. The highest BCUT2D eigenvalue weighted by molar-refractivity contribution is 5.84. The van der Waals surface area contributed by atoms with Gasteiger partial charge in [0.1, 0.15) is 5.82 Å². The SMILES string of the molecule is Cc1ccc(-c2nc(C(=O)O)ncc2C)cc1F. The van der Waals surface area contributed by atoms with Gasteiger partial charge in [-0.05, 0) is 31.0 Å². The largest absolute Gasteiger partial charge is 0.475 e. The molecule has 0 saturated heterocycles. The van der Waals surface area contributed by atoms with Gasteiger partial charge in [-0.2, -0.15) is 0 Å². The lowest BCUT2D eigenvalue weighted by Crippen LogP contribution is -2.06. The van der Waals surface area contributed by atoms with Gasteiger partial charge in [0.05, 0.1) is 5.69 Å². The van der Waals surface area contributed by atoms with Crippen molar-refractivity contribution in [1.29, 1.82) is 0 Å². The van der Waals surface area contributed by atoms with E-state index in [2.05, 4.69) is 9.97 Å². The predicted molar refractivity (Wildman–Crippen MR) is 63.9 cm³/mol. The van der Waals surface area contributed by atoms with Crippen molar-refractivity contribution in [3.63, 3.8) is 0 Å². The molecule has 0 aliphatic heterocycles. The van der Waals surface area contributed by atoms with Crippen molar-refractivity contribution in [2.45, 2.75) is 13.8 Å². The lowest BCUT2D eigenvalue weighted by molar-refractivity contribution is 0.0683. The van der Waals surface area contributed by atoms with Crippen LogP contribution in [0.1, 0.15) is 21.7 Å². The van der Waals surface area contributed by atoms with Gasteiger partial charge >= 0.3 is 5.97 Å². The molecule has 2 rings (SSSR count). The highest BCUT2D eigenvalue weighted by atomic mass is 19.1. The number of carboxylic acids is 1. The van der Waals surface area contributed by atoms with Gasteiger partial charge in [0.25, 0.3) is 0 Å². The standard InChI is InChI=1S/C13H11FN2O2/c1-7-3-4-9(5-10(7)14)11-8(2)6-15-12(16-11)13(17)18/h3-6H,1-2H3,(H,17,18). The number of halogens is 1. The molecule has 0 saturated carbocycles. The fourth-order valence-corrected chi connectivity index (χ4v) is 1.58. The van der Waals surface area contributed by atoms with E-state index in [1.165, 1.54) is 12.3 Å². The maximum atomic E-state index is 13.5. The Morgan fingerprint density at radius 2 is 2.00 bits per heavy atom. The summed E-state index contributed by atoms with van der Waals surface area (Å²) in [6.07, 6.45) is 1.42. The van der Waals surface area contributed by atoms with Crippen LogP contribution >= 0.6 is 0 Å². The number of aromatic nitrogens is 2. The molecule has 18 heavy (non-hydrogen) atoms. The third-order valence-corrected chi connectivity index (χ3v) is 2.61. The summed E-state index contributed by atoms with van der Waals surface area (Å²) in [4.78, 5) is 18.5. The second-order valence-electron chi connectivity index (χ2n) is 3.99. The number of rotatable bonds is 2. The summed E-state index contributed by atoms with van der Waals surface area (Å²) >= 11 is 0. The highest BCUT2D eigenvalue weighted by Gasteiger charge is 2.12. The topological polar surface area (TPSA) is 63.1 Å². The molecule has 0 radical (unpaired) electrons. The minimum Gasteiger partial charge on any atom is -0.475 e. The molecule has 4 nitrogen and oxygen atoms in total. The van der Waals surface area contributed by atoms with E-state index in [4.69, 9.17) is 5.11 Å². The Labute approximate surface area is 103 Å². The smallest absolute Gasteiger partial charge is 0.373 e. The second-order valence-corrected chi connectivity index (χ2v) is 3.99. The van der Waals surface area contributed by atoms with Crippen LogP contribution in [0.4, 0.5) is 4.39 Å². The van der Waals surface area contributed by atoms with Gasteiger partial charge in [0.15, 0.2) is 0 Å². The zero-order chi connectivity index (χ0) is 13.3. The maximum Gasteiger partial charge on any atom is 0.373 e. The van der Waals surface area contributed by atoms with E-state index < -0.39 is 5.97 Å². The number of carboxylic acid groups (broad SMARTS) is 1. The third kappa shape index (κ3) is 2.20. The molecule has 0 bridgehead atoms. The van der Waals surface area contributed by atoms with Crippen LogP contribution in [0.3, 0.4) is 0 Å². The van der Waals surface area contributed by atoms with Crippen LogP contribution in [0.15, 0.2) is 24.4 Å². The van der Waals surface area contributed by atoms with E-state index >= 15 is 0 Å². The van der Waals surface area contributed by atoms with Gasteiger partial charge < -0.3 is 5.11 Å². The zero-order valence-electron chi connectivity index (χ0n) is 9.94. The van der Waals surface area contributed by atoms with Crippen LogP contribution in [-0.4, -0.2) is 21.0 Å². The van der Waals surface area contributed by atoms with Gasteiger partial charge in [-0.25, -0.2) is 19.2 Å². The van der Waals surface area contributed by atoms with Crippen molar-refractivity contribution >= 4 is 5.97 Å². The van der Waals surface area contributed by atoms with Gasteiger partial charge in [-0.3, -0.25) is 0 Å². The fourth-order valence-electron chi connectivity index (χ4n) is 1.58. The lowest BCUT2D eigenvalue weighted by atomic mass is 10.1. The molecular formula is C13H11FN2O2. The number of aryl methyl sites for hydroxylation is 2. The predicted octanol–water partition coefficient (Wildman–Crippen LogP) is 2.60. The molecular weight excluding hydrogens is 235 g/mol. The summed E-state index contributed by atoms with van der Waals surface area (Å²) in [7, 11) is 0. The highest BCUT2D eigenvalue weighted by Crippen LogP contribution is 2.22. The van der Waals surface area contributed by atoms with E-state index in [1.807, 2.05) is 0 Å². The Morgan fingerprint density at radius 3 is 2.61 bits per heavy atom. The van der Waals surface area contributed by atoms with E-state index in [-0.39, 0.29) is 11.6 Å². The van der Waals surface area contributed by atoms with Crippen LogP contribution in [0.5, 0.6) is 0 Å². The zero-order valence-corrected chi connectivity index (χ0v) is 9.94. The summed E-state index contributed by atoms with van der Waals surface area (Å²) in [5, 5.41) is 8.85. The molecule has 1 aromatic heterocycles. The third-order valence-electron chi connectivity index (χ3n) is 2.61. The fraction of sp³-hybridized carbons (Fsp3) is 0.154. The molecule has 1 N–H and O–H groups in total. The van der Waals surface area contributed by atoms with Gasteiger partial charge in [-0.15, -0.1) is 0 Å². The molecule has 1 heterocycles. The molecule has 0 aliphatic carbocycles. The number of benzene rings is 1. The molecule has 2 aromatic rings. The Kier molecular flexibility index (Phi) is 3.06. The number of aromatic carboxylic acids is 1. The minimum atomic E-state index is -1.20. The first kappa shape index (κ1) is 12.2. The van der Waals surface area contributed by atoms with Crippen LogP contribution in [0.2, 0.25) is 0 Å². The molecule has 0 atom stereocenters. The number of hydrogen-bond donors (Lipinski definition) is 1. The maximum absolute atomic E-state index is 13.5. The summed E-state index contributed by atoms with van der Waals surface area (Å²) in [6, 6.07) is 4.68. The average Bonchev–Trinajstić information content (AvgIpc) is 2.33. The van der Waals surface area contributed by atoms with Gasteiger partial charge in [0.2, 0.25) is 5.82 Å². The molecule has 0 unspecified atom stereocenters. The van der Waals surface area contributed by atoms with E-state index in [0.717, 1.165) is 0 Å². The van der Waals surface area contributed by atoms with Crippen molar-refractivity contribution in [1.82, 2.24) is 9.97 Å². The van der Waals surface area contributed by atoms with Crippen LogP contribution in [0, 0.1) is 19.7 Å². The first-order valence-corrected chi connectivity index (χ1v) is 5.32. The lowest BCUT2D eigenvalue weighted by Gasteiger charge is -2.06. The van der Waals surface area contributed by atoms with Gasteiger partial charge in [-0.1, -0.05) is 12.1 Å². The van der Waals surface area contributed by atoms with Crippen LogP contribution < -0.4 is 0 Å². The van der Waals surface area contributed by atoms with Crippen molar-refractivity contribution < 1.29 is 14.3 Å². The van der Waals surface area contributed by atoms with Crippen LogP contribution in [0.25, 0.3) is 11.3 Å². The van der Waals surface area contributed by atoms with Gasteiger partial charge in [0, 0.05) is 11.8 Å². The molecule has 0 fully saturated rings. The van der Waals surface area contributed by atoms with Crippen molar-refractivity contribution in [2.75, 3.05) is 0 Å². The summed E-state index contributed by atoms with van der Waals surface area (Å²) in [5.74, 6) is -1.84. The monoisotopic (exact) mass is 246 g/mol. The average molecular weight is 246 g/mol. The molecule has 92 valence electrons.